The number of halogens is 3. The minimum Gasteiger partial charge on any atom is -0.460 e. The number of piperazine rings is 1. The summed E-state index contributed by atoms with van der Waals surface area (Å²) >= 11 is 0. The number of allylic oxidation sites excluding steroid dienone is 1. The summed E-state index contributed by atoms with van der Waals surface area (Å²) in [6, 6.07) is 14.1. The molecule has 3 N–H and O–H groups in total. The quantitative estimate of drug-likeness (QED) is 0.302. The number of anilines is 1. The van der Waals surface area contributed by atoms with E-state index in [1.165, 1.54) is 18.3 Å². The first-order valence-electron chi connectivity index (χ1n) is 12.8. The molecule has 2 aromatic heterocycles. The van der Waals surface area contributed by atoms with Gasteiger partial charge in [0.05, 0.1) is 5.56 Å². The molecule has 0 bridgehead atoms. The summed E-state index contributed by atoms with van der Waals surface area (Å²) in [5.41, 5.74) is 6.47. The molecule has 0 saturated carbocycles. The largest absolute Gasteiger partial charge is 0.460 e. The molecule has 1 aliphatic rings. The molecular formula is C30H27F3N4O3. The number of carbonyl (C=O) groups excluding carboxylic acids is 2. The number of ketones is 1. The summed E-state index contributed by atoms with van der Waals surface area (Å²) in [7, 11) is 0. The second-order valence-corrected chi connectivity index (χ2v) is 9.59. The van der Waals surface area contributed by atoms with Crippen LogP contribution in [0, 0.1) is 0 Å². The summed E-state index contributed by atoms with van der Waals surface area (Å²) in [4.78, 5) is 30.8. The molecule has 10 heteroatoms. The van der Waals surface area contributed by atoms with Crippen molar-refractivity contribution in [2.75, 3.05) is 31.9 Å². The minimum absolute atomic E-state index is 0.0650. The molecule has 2 aromatic carbocycles. The zero-order valence-corrected chi connectivity index (χ0v) is 21.5. The highest BCUT2D eigenvalue weighted by Gasteiger charge is 2.35. The van der Waals surface area contributed by atoms with Crippen LogP contribution in [0.2, 0.25) is 0 Å². The topological polar surface area (TPSA) is 101 Å². The van der Waals surface area contributed by atoms with Crippen molar-refractivity contribution in [3.63, 3.8) is 0 Å². The molecule has 0 atom stereocenters. The lowest BCUT2D eigenvalue weighted by atomic mass is 9.99. The molecular weight excluding hydrogens is 521 g/mol. The molecule has 0 unspecified atom stereocenters. The van der Waals surface area contributed by atoms with E-state index in [0.29, 0.717) is 41.2 Å². The van der Waals surface area contributed by atoms with E-state index in [1.54, 1.807) is 53.4 Å². The van der Waals surface area contributed by atoms with Gasteiger partial charge >= 0.3 is 6.18 Å². The number of aryl methyl sites for hydroxylation is 1. The first-order chi connectivity index (χ1) is 19.2. The lowest BCUT2D eigenvalue weighted by Gasteiger charge is -2.27. The number of nitrogens with two attached hydrogens (primary N) is 1. The molecule has 7 nitrogen and oxygen atoms in total. The molecule has 1 saturated heterocycles. The van der Waals surface area contributed by atoms with Gasteiger partial charge in [-0.25, -0.2) is 4.98 Å². The Hall–Kier alpha value is -4.44. The van der Waals surface area contributed by atoms with Crippen LogP contribution in [0.4, 0.5) is 19.0 Å². The zero-order chi connectivity index (χ0) is 28.3. The first-order valence-corrected chi connectivity index (χ1v) is 12.8. The van der Waals surface area contributed by atoms with Gasteiger partial charge in [0.1, 0.15) is 17.2 Å². The Morgan fingerprint density at radius 2 is 1.77 bits per heavy atom. The van der Waals surface area contributed by atoms with Crippen molar-refractivity contribution in [2.45, 2.75) is 19.0 Å². The number of alkyl halides is 3. The van der Waals surface area contributed by atoms with E-state index in [4.69, 9.17) is 10.2 Å². The van der Waals surface area contributed by atoms with E-state index in [1.807, 2.05) is 0 Å². The molecule has 0 aliphatic carbocycles. The third-order valence-electron chi connectivity index (χ3n) is 6.73. The van der Waals surface area contributed by atoms with Gasteiger partial charge < -0.3 is 20.4 Å². The smallest absolute Gasteiger partial charge is 0.420 e. The van der Waals surface area contributed by atoms with Crippen molar-refractivity contribution in [3.8, 4) is 11.1 Å². The molecule has 5 rings (SSSR count). The van der Waals surface area contributed by atoms with Crippen molar-refractivity contribution in [1.82, 2.24) is 15.2 Å². The van der Waals surface area contributed by atoms with Gasteiger partial charge in [0.15, 0.2) is 5.78 Å². The van der Waals surface area contributed by atoms with Crippen LogP contribution in [0.5, 0.6) is 0 Å². The Morgan fingerprint density at radius 1 is 1.02 bits per heavy atom. The predicted molar refractivity (Wildman–Crippen MR) is 146 cm³/mol. The zero-order valence-electron chi connectivity index (χ0n) is 21.5. The number of benzene rings is 2. The number of furan rings is 1. The Morgan fingerprint density at radius 3 is 2.45 bits per heavy atom. The number of carbonyl (C=O) groups is 2. The maximum atomic E-state index is 14.0. The van der Waals surface area contributed by atoms with Crippen LogP contribution < -0.4 is 11.1 Å². The van der Waals surface area contributed by atoms with Gasteiger partial charge in [-0.1, -0.05) is 12.1 Å². The SMILES string of the molecule is Nc1ccc(/C=C/C(=O)CCc2cc3cc(-c4ccc(C(=O)N5CCNCC5)cc4)cc(C(F)(F)F)c3o2)cn1. The molecule has 206 valence electrons. The lowest BCUT2D eigenvalue weighted by Crippen LogP contribution is -2.46. The summed E-state index contributed by atoms with van der Waals surface area (Å²) in [6.07, 6.45) is 0.0954. The summed E-state index contributed by atoms with van der Waals surface area (Å²) in [6.45, 7) is 2.67. The number of pyridine rings is 1. The van der Waals surface area contributed by atoms with E-state index in [9.17, 15) is 22.8 Å². The van der Waals surface area contributed by atoms with E-state index in [-0.39, 0.29) is 41.3 Å². The number of nitrogen functional groups attached to an aromatic ring is 1. The van der Waals surface area contributed by atoms with Crippen molar-refractivity contribution in [3.05, 3.63) is 89.3 Å². The highest BCUT2D eigenvalue weighted by Crippen LogP contribution is 2.39. The number of hydrogen-bond donors (Lipinski definition) is 2. The van der Waals surface area contributed by atoms with Crippen LogP contribution in [0.15, 0.2) is 71.3 Å². The Balaban J connectivity index is 1.35. The predicted octanol–water partition coefficient (Wildman–Crippen LogP) is 5.36. The average Bonchev–Trinajstić information content (AvgIpc) is 3.38. The third kappa shape index (κ3) is 6.23. The molecule has 0 radical (unpaired) electrons. The van der Waals surface area contributed by atoms with E-state index < -0.39 is 11.7 Å². The molecule has 1 aliphatic heterocycles. The van der Waals surface area contributed by atoms with Crippen molar-refractivity contribution < 1.29 is 27.2 Å². The Labute approximate surface area is 228 Å². The van der Waals surface area contributed by atoms with E-state index in [0.717, 1.165) is 19.2 Å². The average molecular weight is 549 g/mol. The monoisotopic (exact) mass is 548 g/mol. The van der Waals surface area contributed by atoms with Gasteiger partial charge in [-0.3, -0.25) is 9.59 Å². The number of rotatable bonds is 7. The normalized spacial score (nSPS) is 14.2. The van der Waals surface area contributed by atoms with E-state index in [2.05, 4.69) is 10.3 Å². The maximum absolute atomic E-state index is 14.0. The number of hydrogen-bond acceptors (Lipinski definition) is 6. The highest BCUT2D eigenvalue weighted by atomic mass is 19.4. The molecule has 4 aromatic rings. The van der Waals surface area contributed by atoms with Gasteiger partial charge in [0.25, 0.3) is 5.91 Å². The highest BCUT2D eigenvalue weighted by molar-refractivity contribution is 5.95. The fourth-order valence-corrected chi connectivity index (χ4v) is 4.60. The summed E-state index contributed by atoms with van der Waals surface area (Å²) in [5.74, 6) is 0.344. The van der Waals surface area contributed by atoms with Crippen LogP contribution in [0.1, 0.15) is 33.7 Å². The Kier molecular flexibility index (Phi) is 7.70. The molecule has 0 spiro atoms. The van der Waals surface area contributed by atoms with Gasteiger partial charge in [-0.05, 0) is 71.3 Å². The van der Waals surface area contributed by atoms with Gasteiger partial charge in [0, 0.05) is 56.2 Å². The van der Waals surface area contributed by atoms with Gasteiger partial charge in [-0.2, -0.15) is 13.2 Å². The standard InChI is InChI=1S/C30H27F3N4O3/c31-30(32,33)26-17-22(20-3-5-21(6-4-20)29(39)37-13-11-35-12-14-37)15-23-16-25(40-28(23)26)9-8-24(38)7-1-19-2-10-27(34)36-18-19/h1-7,10,15-18,35H,8-9,11-14H2,(H2,34,36)/b7-1+. The number of nitrogens with zero attached hydrogens (tertiary/aromatic N) is 2. The molecule has 1 fully saturated rings. The molecule has 40 heavy (non-hydrogen) atoms. The van der Waals surface area contributed by atoms with Gasteiger partial charge in [0.2, 0.25) is 0 Å². The van der Waals surface area contributed by atoms with E-state index >= 15 is 0 Å². The minimum atomic E-state index is -4.65. The van der Waals surface area contributed by atoms with Crippen LogP contribution in [0.25, 0.3) is 28.2 Å². The van der Waals surface area contributed by atoms with Crippen LogP contribution in [0.3, 0.4) is 0 Å². The fraction of sp³-hybridized carbons (Fsp3) is 0.233. The number of fused-ring (bicyclic) bond motifs is 1. The second kappa shape index (κ2) is 11.4. The number of nitrogens with one attached hydrogen (secondary N) is 1. The molecule has 1 amide bonds. The second-order valence-electron chi connectivity index (χ2n) is 9.59. The first kappa shape index (κ1) is 27.1. The Bertz CT molecular complexity index is 1550. The maximum Gasteiger partial charge on any atom is 0.420 e. The van der Waals surface area contributed by atoms with Crippen molar-refractivity contribution in [2.24, 2.45) is 0 Å². The summed E-state index contributed by atoms with van der Waals surface area (Å²) < 4.78 is 47.6. The fourth-order valence-electron chi connectivity index (χ4n) is 4.60. The lowest BCUT2D eigenvalue weighted by molar-refractivity contribution is -0.136. The van der Waals surface area contributed by atoms with Crippen molar-refractivity contribution in [1.29, 1.82) is 0 Å². The van der Waals surface area contributed by atoms with Crippen molar-refractivity contribution >= 4 is 34.6 Å². The molecule has 3 heterocycles. The number of amides is 1. The summed E-state index contributed by atoms with van der Waals surface area (Å²) in [5, 5.41) is 3.48. The van der Waals surface area contributed by atoms with Crippen LogP contribution in [-0.2, 0) is 17.4 Å². The van der Waals surface area contributed by atoms with Crippen LogP contribution >= 0.6 is 0 Å². The third-order valence-corrected chi connectivity index (χ3v) is 6.73. The van der Waals surface area contributed by atoms with Gasteiger partial charge in [-0.15, -0.1) is 0 Å². The van der Waals surface area contributed by atoms with Crippen LogP contribution in [-0.4, -0.2) is 47.8 Å². The number of aromatic nitrogens is 1.